The third kappa shape index (κ3) is 4.51. The number of nitrogens with one attached hydrogen (secondary N) is 1. The number of hydrogen-bond acceptors (Lipinski definition) is 4. The zero-order chi connectivity index (χ0) is 14.3. The maximum atomic E-state index is 5.05. The largest absolute Gasteiger partial charge is 0.383 e. The van der Waals surface area contributed by atoms with Crippen molar-refractivity contribution in [2.75, 3.05) is 38.8 Å². The Morgan fingerprint density at radius 2 is 2.16 bits per heavy atom. The van der Waals surface area contributed by atoms with Crippen LogP contribution in [0.2, 0.25) is 0 Å². The van der Waals surface area contributed by atoms with Crippen LogP contribution in [0.15, 0.2) is 0 Å². The van der Waals surface area contributed by atoms with Gasteiger partial charge in [0.2, 0.25) is 0 Å². The SMILES string of the molecule is CCCCN(C)c1c(CNCCOC)c(C)nn1C. The highest BCUT2D eigenvalue weighted by molar-refractivity contribution is 5.49. The van der Waals surface area contributed by atoms with Crippen LogP contribution in [0.25, 0.3) is 0 Å². The molecule has 1 heterocycles. The molecule has 1 aromatic rings. The van der Waals surface area contributed by atoms with Crippen LogP contribution in [0.5, 0.6) is 0 Å². The van der Waals surface area contributed by atoms with Crippen molar-refractivity contribution in [2.45, 2.75) is 33.2 Å². The van der Waals surface area contributed by atoms with Crippen molar-refractivity contribution in [3.05, 3.63) is 11.3 Å². The van der Waals surface area contributed by atoms with E-state index < -0.39 is 0 Å². The Bertz CT molecular complexity index is 376. The number of hydrogen-bond donors (Lipinski definition) is 1. The maximum absolute atomic E-state index is 5.05. The summed E-state index contributed by atoms with van der Waals surface area (Å²) >= 11 is 0. The van der Waals surface area contributed by atoms with Gasteiger partial charge in [0.25, 0.3) is 0 Å². The minimum Gasteiger partial charge on any atom is -0.383 e. The summed E-state index contributed by atoms with van der Waals surface area (Å²) < 4.78 is 7.04. The lowest BCUT2D eigenvalue weighted by molar-refractivity contribution is 0.199. The number of aryl methyl sites for hydroxylation is 2. The highest BCUT2D eigenvalue weighted by atomic mass is 16.5. The molecule has 0 bridgehead atoms. The minimum atomic E-state index is 0.736. The third-order valence-corrected chi connectivity index (χ3v) is 3.31. The van der Waals surface area contributed by atoms with Gasteiger partial charge in [0.15, 0.2) is 0 Å². The van der Waals surface area contributed by atoms with Crippen molar-refractivity contribution in [3.63, 3.8) is 0 Å². The van der Waals surface area contributed by atoms with Crippen LogP contribution >= 0.6 is 0 Å². The fraction of sp³-hybridized carbons (Fsp3) is 0.786. The molecule has 0 aromatic carbocycles. The van der Waals surface area contributed by atoms with E-state index in [1.165, 1.54) is 24.2 Å². The second-order valence-electron chi connectivity index (χ2n) is 4.96. The Hall–Kier alpha value is -1.07. The molecule has 0 amide bonds. The number of rotatable bonds is 9. The fourth-order valence-electron chi connectivity index (χ4n) is 2.26. The van der Waals surface area contributed by atoms with Crippen LogP contribution in [-0.2, 0) is 18.3 Å². The molecule has 0 radical (unpaired) electrons. The number of aromatic nitrogens is 2. The molecule has 0 atom stereocenters. The molecule has 19 heavy (non-hydrogen) atoms. The van der Waals surface area contributed by atoms with Crippen LogP contribution in [0.3, 0.4) is 0 Å². The Kier molecular flexibility index (Phi) is 6.87. The second-order valence-corrected chi connectivity index (χ2v) is 4.96. The second kappa shape index (κ2) is 8.17. The molecule has 5 nitrogen and oxygen atoms in total. The summed E-state index contributed by atoms with van der Waals surface area (Å²) in [6, 6.07) is 0. The number of ether oxygens (including phenoxy) is 1. The van der Waals surface area contributed by atoms with Gasteiger partial charge < -0.3 is 15.0 Å². The van der Waals surface area contributed by atoms with E-state index in [9.17, 15) is 0 Å². The highest BCUT2D eigenvalue weighted by Crippen LogP contribution is 2.22. The van der Waals surface area contributed by atoms with Crippen LogP contribution in [0.1, 0.15) is 31.0 Å². The van der Waals surface area contributed by atoms with Gasteiger partial charge in [-0.3, -0.25) is 4.68 Å². The molecule has 0 saturated heterocycles. The third-order valence-electron chi connectivity index (χ3n) is 3.31. The normalized spacial score (nSPS) is 11.0. The Labute approximate surface area is 116 Å². The molecule has 1 aromatic heterocycles. The Balaban J connectivity index is 2.72. The van der Waals surface area contributed by atoms with E-state index >= 15 is 0 Å². The molecule has 1 rings (SSSR count). The van der Waals surface area contributed by atoms with Crippen molar-refractivity contribution in [1.82, 2.24) is 15.1 Å². The van der Waals surface area contributed by atoms with E-state index in [0.717, 1.165) is 31.9 Å². The first-order chi connectivity index (χ1) is 9.11. The molecular weight excluding hydrogens is 240 g/mol. The molecule has 0 aliphatic rings. The molecule has 0 spiro atoms. The minimum absolute atomic E-state index is 0.736. The van der Waals surface area contributed by atoms with E-state index in [4.69, 9.17) is 4.74 Å². The quantitative estimate of drug-likeness (QED) is 0.692. The first kappa shape index (κ1) is 16.0. The van der Waals surface area contributed by atoms with Gasteiger partial charge in [0, 0.05) is 46.4 Å². The van der Waals surface area contributed by atoms with E-state index in [0.29, 0.717) is 0 Å². The maximum Gasteiger partial charge on any atom is 0.131 e. The number of unbranched alkanes of at least 4 members (excludes halogenated alkanes) is 1. The first-order valence-corrected chi connectivity index (χ1v) is 7.05. The molecule has 0 unspecified atom stereocenters. The van der Waals surface area contributed by atoms with E-state index in [1.807, 2.05) is 11.7 Å². The van der Waals surface area contributed by atoms with Crippen LogP contribution in [-0.4, -0.2) is 43.6 Å². The van der Waals surface area contributed by atoms with Gasteiger partial charge in [0.05, 0.1) is 12.3 Å². The molecule has 0 saturated carbocycles. The predicted molar refractivity (Wildman–Crippen MR) is 79.7 cm³/mol. The lowest BCUT2D eigenvalue weighted by atomic mass is 10.2. The lowest BCUT2D eigenvalue weighted by Gasteiger charge is -2.21. The summed E-state index contributed by atoms with van der Waals surface area (Å²) in [5.74, 6) is 1.22. The monoisotopic (exact) mass is 268 g/mol. The zero-order valence-corrected chi connectivity index (χ0v) is 13.0. The van der Waals surface area contributed by atoms with Gasteiger partial charge in [-0.2, -0.15) is 5.10 Å². The van der Waals surface area contributed by atoms with E-state index in [-0.39, 0.29) is 0 Å². The number of methoxy groups -OCH3 is 1. The van der Waals surface area contributed by atoms with Crippen molar-refractivity contribution >= 4 is 5.82 Å². The number of nitrogens with zero attached hydrogens (tertiary/aromatic N) is 3. The molecular formula is C14H28N4O. The van der Waals surface area contributed by atoms with Crippen molar-refractivity contribution < 1.29 is 4.74 Å². The highest BCUT2D eigenvalue weighted by Gasteiger charge is 2.16. The van der Waals surface area contributed by atoms with Crippen LogP contribution in [0.4, 0.5) is 5.82 Å². The summed E-state index contributed by atoms with van der Waals surface area (Å²) in [5, 5.41) is 7.95. The lowest BCUT2D eigenvalue weighted by Crippen LogP contribution is -2.25. The molecule has 0 aliphatic heterocycles. The smallest absolute Gasteiger partial charge is 0.131 e. The first-order valence-electron chi connectivity index (χ1n) is 7.05. The van der Waals surface area contributed by atoms with Crippen LogP contribution in [0, 0.1) is 6.92 Å². The van der Waals surface area contributed by atoms with Gasteiger partial charge >= 0.3 is 0 Å². The van der Waals surface area contributed by atoms with Crippen molar-refractivity contribution in [3.8, 4) is 0 Å². The van der Waals surface area contributed by atoms with Crippen LogP contribution < -0.4 is 10.2 Å². The molecule has 5 heteroatoms. The summed E-state index contributed by atoms with van der Waals surface area (Å²) in [4.78, 5) is 2.30. The van der Waals surface area contributed by atoms with Gasteiger partial charge in [0.1, 0.15) is 5.82 Å². The average Bonchev–Trinajstić information content (AvgIpc) is 2.66. The predicted octanol–water partition coefficient (Wildman–Crippen LogP) is 1.70. The van der Waals surface area contributed by atoms with Gasteiger partial charge in [-0.15, -0.1) is 0 Å². The fourth-order valence-corrected chi connectivity index (χ4v) is 2.26. The molecule has 110 valence electrons. The Morgan fingerprint density at radius 1 is 1.42 bits per heavy atom. The topological polar surface area (TPSA) is 42.3 Å². The summed E-state index contributed by atoms with van der Waals surface area (Å²) in [6.07, 6.45) is 2.42. The standard InChI is InChI=1S/C14H28N4O/c1-6-7-9-17(3)14-13(11-15-8-10-19-5)12(2)16-18(14)4/h15H,6-11H2,1-5H3. The summed E-state index contributed by atoms with van der Waals surface area (Å²) in [6.45, 7) is 7.80. The van der Waals surface area contributed by atoms with Gasteiger partial charge in [-0.1, -0.05) is 13.3 Å². The zero-order valence-electron chi connectivity index (χ0n) is 13.0. The van der Waals surface area contributed by atoms with Gasteiger partial charge in [-0.25, -0.2) is 0 Å². The van der Waals surface area contributed by atoms with Crippen molar-refractivity contribution in [1.29, 1.82) is 0 Å². The molecule has 0 aliphatic carbocycles. The molecule has 0 fully saturated rings. The average molecular weight is 268 g/mol. The summed E-state index contributed by atoms with van der Waals surface area (Å²) in [5.41, 5.74) is 2.39. The van der Waals surface area contributed by atoms with E-state index in [1.54, 1.807) is 7.11 Å². The summed E-state index contributed by atoms with van der Waals surface area (Å²) in [7, 11) is 5.88. The van der Waals surface area contributed by atoms with Crippen molar-refractivity contribution in [2.24, 2.45) is 7.05 Å². The van der Waals surface area contributed by atoms with E-state index in [2.05, 4.69) is 36.2 Å². The van der Waals surface area contributed by atoms with Gasteiger partial charge in [-0.05, 0) is 13.3 Å². The number of anilines is 1. The molecule has 1 N–H and O–H groups in total. The Morgan fingerprint density at radius 3 is 2.79 bits per heavy atom.